The lowest BCUT2D eigenvalue weighted by atomic mass is 10.5. The Bertz CT molecular complexity index is 221. The molecule has 0 N–H and O–H groups in total. The van der Waals surface area contributed by atoms with Crippen molar-refractivity contribution in [2.75, 3.05) is 49.9 Å². The van der Waals surface area contributed by atoms with E-state index >= 15 is 0 Å². The summed E-state index contributed by atoms with van der Waals surface area (Å²) in [7, 11) is -0.613. The van der Waals surface area contributed by atoms with E-state index in [1.165, 1.54) is 42.8 Å². The van der Waals surface area contributed by atoms with Crippen LogP contribution < -0.4 is 5.11 Å². The van der Waals surface area contributed by atoms with Gasteiger partial charge in [-0.15, -0.1) is 0 Å². The fourth-order valence-electron chi connectivity index (χ4n) is 2.03. The van der Waals surface area contributed by atoms with Crippen molar-refractivity contribution in [2.24, 2.45) is 0 Å². The van der Waals surface area contributed by atoms with Crippen molar-refractivity contribution in [1.29, 1.82) is 0 Å². The highest BCUT2D eigenvalue weighted by Crippen LogP contribution is 2.58. The molecule has 5 heteroatoms. The van der Waals surface area contributed by atoms with Crippen LogP contribution in [0.25, 0.3) is 0 Å². The normalized spacial score (nSPS) is 10.8. The minimum absolute atomic E-state index is 0.168. The average Bonchev–Trinajstić information content (AvgIpc) is 2.45. The summed E-state index contributed by atoms with van der Waals surface area (Å²) in [4.78, 5) is 9.63. The predicted octanol–water partition coefficient (Wildman–Crippen LogP) is 2.98. The summed E-state index contributed by atoms with van der Waals surface area (Å²) in [6, 6.07) is 0. The van der Waals surface area contributed by atoms with Gasteiger partial charge in [0.25, 0.3) is 0 Å². The van der Waals surface area contributed by atoms with Crippen molar-refractivity contribution in [2.45, 2.75) is 40.5 Å². The number of carboxylic acids is 1. The lowest BCUT2D eigenvalue weighted by Gasteiger charge is -2.24. The number of carboxylic acid groups (broad SMARTS) is 1. The molecule has 0 spiro atoms. The van der Waals surface area contributed by atoms with Crippen LogP contribution in [0.2, 0.25) is 0 Å². The molecule has 0 aromatic heterocycles. The van der Waals surface area contributed by atoms with Gasteiger partial charge >= 0.3 is 0 Å². The molecular formula is C15H33O3PS. The smallest absolute Gasteiger partial charge is 0.0827 e. The highest BCUT2D eigenvalue weighted by Gasteiger charge is 2.31. The first kappa shape index (κ1) is 22.5. The van der Waals surface area contributed by atoms with E-state index in [0.29, 0.717) is 5.75 Å². The summed E-state index contributed by atoms with van der Waals surface area (Å²) in [6.07, 6.45) is 9.01. The molecule has 0 bridgehead atoms. The second kappa shape index (κ2) is 15.6. The summed E-state index contributed by atoms with van der Waals surface area (Å²) < 4.78 is 5.47. The molecule has 0 radical (unpaired) electrons. The van der Waals surface area contributed by atoms with Gasteiger partial charge in [0.1, 0.15) is 0 Å². The second-order valence-corrected chi connectivity index (χ2v) is 10.6. The fourth-order valence-corrected chi connectivity index (χ4v) is 5.80. The third-order valence-electron chi connectivity index (χ3n) is 3.46. The first-order valence-corrected chi connectivity index (χ1v) is 11.6. The number of thioether (sulfide) groups is 1. The van der Waals surface area contributed by atoms with Crippen LogP contribution in [0.15, 0.2) is 0 Å². The molecule has 0 atom stereocenters. The standard InChI is InChI=1S/C11H26OP.C4H8O2S/c1-5-10-13(7-3,8-4)11-9-12-6-2;1-7-3-2-4(5)6/h5-11H2,1-4H3;2-3H2,1H3,(H,5,6)/q+1;/p-1. The molecule has 20 heavy (non-hydrogen) atoms. The van der Waals surface area contributed by atoms with E-state index < -0.39 is 13.2 Å². The van der Waals surface area contributed by atoms with Crippen LogP contribution in [-0.4, -0.2) is 55.8 Å². The second-order valence-electron chi connectivity index (χ2n) is 4.73. The van der Waals surface area contributed by atoms with E-state index in [1.807, 2.05) is 6.26 Å². The number of hydrogen-bond donors (Lipinski definition) is 0. The molecule has 0 fully saturated rings. The number of rotatable bonds is 11. The topological polar surface area (TPSA) is 49.4 Å². The van der Waals surface area contributed by atoms with E-state index in [4.69, 9.17) is 4.74 Å². The third-order valence-corrected chi connectivity index (χ3v) is 9.29. The van der Waals surface area contributed by atoms with Crippen LogP contribution in [0.5, 0.6) is 0 Å². The number of carbonyl (C=O) groups is 1. The summed E-state index contributed by atoms with van der Waals surface area (Å²) in [5.41, 5.74) is 0. The lowest BCUT2D eigenvalue weighted by Crippen LogP contribution is -2.22. The van der Waals surface area contributed by atoms with Crippen molar-refractivity contribution in [3.63, 3.8) is 0 Å². The maximum absolute atomic E-state index is 9.63. The molecule has 122 valence electrons. The Morgan fingerprint density at radius 2 is 1.75 bits per heavy atom. The molecule has 0 aromatic carbocycles. The van der Waals surface area contributed by atoms with Gasteiger partial charge in [0.2, 0.25) is 0 Å². The van der Waals surface area contributed by atoms with Gasteiger partial charge in [-0.3, -0.25) is 0 Å². The predicted molar refractivity (Wildman–Crippen MR) is 92.5 cm³/mol. The van der Waals surface area contributed by atoms with Crippen LogP contribution in [-0.2, 0) is 9.53 Å². The Balaban J connectivity index is 0. The number of hydrogen-bond acceptors (Lipinski definition) is 4. The minimum Gasteiger partial charge on any atom is -0.550 e. The van der Waals surface area contributed by atoms with Crippen molar-refractivity contribution in [1.82, 2.24) is 0 Å². The fraction of sp³-hybridized carbons (Fsp3) is 0.933. The first-order chi connectivity index (χ1) is 9.51. The van der Waals surface area contributed by atoms with E-state index in [0.717, 1.165) is 13.2 Å². The van der Waals surface area contributed by atoms with Gasteiger partial charge in [-0.2, -0.15) is 11.8 Å². The zero-order valence-corrected chi connectivity index (χ0v) is 15.7. The molecule has 0 saturated heterocycles. The van der Waals surface area contributed by atoms with E-state index in [9.17, 15) is 9.90 Å². The Morgan fingerprint density at radius 1 is 1.15 bits per heavy atom. The molecule has 0 aliphatic carbocycles. The Kier molecular flexibility index (Phi) is 17.5. The zero-order valence-electron chi connectivity index (χ0n) is 13.9. The van der Waals surface area contributed by atoms with Gasteiger partial charge in [-0.05, 0) is 45.6 Å². The maximum atomic E-state index is 9.63. The molecule has 0 heterocycles. The number of ether oxygens (including phenoxy) is 1. The number of aliphatic carboxylic acids is 1. The summed E-state index contributed by atoms with van der Waals surface area (Å²) in [5.74, 6) is -0.308. The highest BCUT2D eigenvalue weighted by molar-refractivity contribution is 7.98. The molecule has 0 aromatic rings. The summed E-state index contributed by atoms with van der Waals surface area (Å²) in [5, 5.41) is 9.63. The maximum Gasteiger partial charge on any atom is 0.0827 e. The monoisotopic (exact) mass is 324 g/mol. The molecule has 3 nitrogen and oxygen atoms in total. The Labute approximate surface area is 130 Å². The first-order valence-electron chi connectivity index (χ1n) is 7.63. The highest BCUT2D eigenvalue weighted by atomic mass is 32.2. The van der Waals surface area contributed by atoms with Crippen molar-refractivity contribution >= 4 is 25.0 Å². The van der Waals surface area contributed by atoms with E-state index in [2.05, 4.69) is 27.7 Å². The average molecular weight is 324 g/mol. The molecule has 0 unspecified atom stereocenters. The quantitative estimate of drug-likeness (QED) is 0.433. The van der Waals surface area contributed by atoms with Gasteiger partial charge in [0.05, 0.1) is 31.3 Å². The summed E-state index contributed by atoms with van der Waals surface area (Å²) >= 11 is 1.51. The van der Waals surface area contributed by atoms with Gasteiger partial charge in [-0.1, -0.05) is 6.92 Å². The van der Waals surface area contributed by atoms with Crippen molar-refractivity contribution < 1.29 is 14.6 Å². The molecule has 0 rings (SSSR count). The van der Waals surface area contributed by atoms with E-state index in [-0.39, 0.29) is 6.42 Å². The summed E-state index contributed by atoms with van der Waals surface area (Å²) in [6.45, 7) is 11.0. The minimum atomic E-state index is -0.964. The third kappa shape index (κ3) is 13.2. The number of carbonyl (C=O) groups excluding carboxylic acids is 1. The molecule has 0 aliphatic heterocycles. The van der Waals surface area contributed by atoms with Gasteiger partial charge in [0, 0.05) is 19.8 Å². The van der Waals surface area contributed by atoms with Crippen molar-refractivity contribution in [3.8, 4) is 0 Å². The van der Waals surface area contributed by atoms with Gasteiger partial charge in [-0.25, -0.2) is 0 Å². The van der Waals surface area contributed by atoms with Gasteiger partial charge < -0.3 is 14.6 Å². The molecule has 0 amide bonds. The SMILES string of the molecule is CCC[P+](CC)(CC)CCOCC.CSCCC(=O)[O-]. The van der Waals surface area contributed by atoms with Crippen LogP contribution in [0.1, 0.15) is 40.5 Å². The van der Waals surface area contributed by atoms with Gasteiger partial charge in [0.15, 0.2) is 0 Å². The van der Waals surface area contributed by atoms with Crippen LogP contribution in [0.3, 0.4) is 0 Å². The Morgan fingerprint density at radius 3 is 2.05 bits per heavy atom. The largest absolute Gasteiger partial charge is 0.550 e. The molecular weight excluding hydrogens is 291 g/mol. The molecule has 0 aliphatic rings. The van der Waals surface area contributed by atoms with Crippen molar-refractivity contribution in [3.05, 3.63) is 0 Å². The van der Waals surface area contributed by atoms with Crippen LogP contribution >= 0.6 is 19.0 Å². The van der Waals surface area contributed by atoms with E-state index in [1.54, 1.807) is 0 Å². The lowest BCUT2D eigenvalue weighted by molar-refractivity contribution is -0.305. The van der Waals surface area contributed by atoms with Crippen LogP contribution in [0, 0.1) is 0 Å². The molecule has 0 saturated carbocycles. The van der Waals surface area contributed by atoms with Crippen LogP contribution in [0.4, 0.5) is 0 Å². The zero-order chi connectivity index (χ0) is 15.9. The Hall–Kier alpha value is 0.210.